The van der Waals surface area contributed by atoms with Gasteiger partial charge in [-0.2, -0.15) is 0 Å². The first-order valence-electron chi connectivity index (χ1n) is 38.5. The van der Waals surface area contributed by atoms with Crippen molar-refractivity contribution in [3.8, 4) is 0 Å². The van der Waals surface area contributed by atoms with Crippen LogP contribution in [0.1, 0.15) is 382 Å². The molecule has 0 aromatic heterocycles. The van der Waals surface area contributed by atoms with Crippen LogP contribution in [0, 0.1) is 11.8 Å². The third kappa shape index (κ3) is 68.4. The summed E-state index contributed by atoms with van der Waals surface area (Å²) in [7, 11) is -9.91. The predicted molar refractivity (Wildman–Crippen MR) is 377 cm³/mol. The van der Waals surface area contributed by atoms with Gasteiger partial charge in [0.15, 0.2) is 12.2 Å². The van der Waals surface area contributed by atoms with Gasteiger partial charge in [-0.25, -0.2) is 9.13 Å². The topological polar surface area (TPSA) is 237 Å². The highest BCUT2D eigenvalue weighted by Gasteiger charge is 2.30. The molecule has 0 heterocycles. The van der Waals surface area contributed by atoms with Crippen molar-refractivity contribution >= 4 is 39.5 Å². The minimum atomic E-state index is -4.96. The molecule has 0 amide bonds. The zero-order chi connectivity index (χ0) is 68.6. The van der Waals surface area contributed by atoms with Gasteiger partial charge in [0.1, 0.15) is 19.3 Å². The molecular weight excluding hydrogens is 1220 g/mol. The van der Waals surface area contributed by atoms with E-state index in [1.807, 2.05) is 0 Å². The van der Waals surface area contributed by atoms with Crippen LogP contribution in [0.4, 0.5) is 0 Å². The molecule has 17 nitrogen and oxygen atoms in total. The number of phosphoric ester groups is 2. The highest BCUT2D eigenvalue weighted by Crippen LogP contribution is 2.45. The summed E-state index contributed by atoms with van der Waals surface area (Å²) in [6.45, 7) is 9.60. The summed E-state index contributed by atoms with van der Waals surface area (Å²) in [6.07, 6.45) is 52.6. The fraction of sp³-hybridized carbons (Fsp3) is 0.946. The number of aliphatic hydroxyl groups excluding tert-OH is 1. The lowest BCUT2D eigenvalue weighted by Crippen LogP contribution is -2.30. The van der Waals surface area contributed by atoms with Gasteiger partial charge in [0.05, 0.1) is 26.4 Å². The van der Waals surface area contributed by atoms with E-state index < -0.39 is 97.5 Å². The number of phosphoric acid groups is 2. The molecule has 0 saturated heterocycles. The molecule has 0 spiro atoms. The van der Waals surface area contributed by atoms with Gasteiger partial charge in [-0.1, -0.05) is 330 Å². The third-order valence-electron chi connectivity index (χ3n) is 17.2. The Kier molecular flexibility index (Phi) is 64.6. The molecule has 0 saturated carbocycles. The Balaban J connectivity index is 5.23. The predicted octanol–water partition coefficient (Wildman–Crippen LogP) is 21.6. The van der Waals surface area contributed by atoms with E-state index in [0.717, 1.165) is 102 Å². The standard InChI is InChI=1S/C74H144O17P2/c1-7-9-11-13-15-17-19-26-34-40-46-52-58-73(78)90-69(62-84-71(76)56-50-44-38-32-18-16-14-12-10-8-2)64-88-92(80,81)86-60-68(75)61-87-93(82,83)89-65-70(63-85-72(77)57-51-45-39-33-29-28-31-37-43-49-55-67(5)6)91-74(79)59-53-47-41-35-27-24-22-20-21-23-25-30-36-42-48-54-66(3)4/h66-70,75H,7-65H2,1-6H3,(H,80,81)(H,82,83)/t68-,69+,70+/m0/s1. The summed E-state index contributed by atoms with van der Waals surface area (Å²) in [6, 6.07) is 0. The van der Waals surface area contributed by atoms with E-state index in [1.165, 1.54) is 199 Å². The maximum Gasteiger partial charge on any atom is 0.472 e. The molecule has 0 rings (SSSR count). The Morgan fingerprint density at radius 3 is 0.731 bits per heavy atom. The summed E-state index contributed by atoms with van der Waals surface area (Å²) < 4.78 is 68.4. The van der Waals surface area contributed by atoms with Gasteiger partial charge in [-0.3, -0.25) is 37.3 Å². The molecule has 0 radical (unpaired) electrons. The van der Waals surface area contributed by atoms with Gasteiger partial charge in [0.25, 0.3) is 0 Å². The minimum absolute atomic E-state index is 0.107. The van der Waals surface area contributed by atoms with Crippen LogP contribution in [0.3, 0.4) is 0 Å². The quantitative estimate of drug-likeness (QED) is 0.0222. The van der Waals surface area contributed by atoms with Gasteiger partial charge < -0.3 is 33.8 Å². The molecule has 0 fully saturated rings. The van der Waals surface area contributed by atoms with Crippen molar-refractivity contribution in [2.75, 3.05) is 39.6 Å². The molecule has 0 aromatic carbocycles. The Morgan fingerprint density at radius 1 is 0.290 bits per heavy atom. The molecule has 19 heteroatoms. The molecule has 93 heavy (non-hydrogen) atoms. The summed E-state index contributed by atoms with van der Waals surface area (Å²) >= 11 is 0. The van der Waals surface area contributed by atoms with E-state index >= 15 is 0 Å². The smallest absolute Gasteiger partial charge is 0.462 e. The lowest BCUT2D eigenvalue weighted by atomic mass is 10.0. The molecule has 3 N–H and O–H groups in total. The van der Waals surface area contributed by atoms with Crippen LogP contribution in [0.25, 0.3) is 0 Å². The van der Waals surface area contributed by atoms with Crippen molar-refractivity contribution in [3.05, 3.63) is 0 Å². The van der Waals surface area contributed by atoms with Crippen molar-refractivity contribution in [2.45, 2.75) is 400 Å². The fourth-order valence-electron chi connectivity index (χ4n) is 11.3. The summed E-state index contributed by atoms with van der Waals surface area (Å²) in [5.41, 5.74) is 0. The summed E-state index contributed by atoms with van der Waals surface area (Å²) in [5.74, 6) is -0.556. The first-order valence-corrected chi connectivity index (χ1v) is 41.5. The lowest BCUT2D eigenvalue weighted by molar-refractivity contribution is -0.161. The maximum absolute atomic E-state index is 13.1. The Hall–Kier alpha value is -1.94. The molecule has 0 bridgehead atoms. The van der Waals surface area contributed by atoms with Crippen molar-refractivity contribution in [1.82, 2.24) is 0 Å². The van der Waals surface area contributed by atoms with Crippen LogP contribution in [-0.4, -0.2) is 96.7 Å². The van der Waals surface area contributed by atoms with Crippen molar-refractivity contribution in [3.63, 3.8) is 0 Å². The van der Waals surface area contributed by atoms with Crippen molar-refractivity contribution in [1.29, 1.82) is 0 Å². The molecule has 0 aliphatic rings. The zero-order valence-corrected chi connectivity index (χ0v) is 62.3. The van der Waals surface area contributed by atoms with E-state index in [1.54, 1.807) is 0 Å². The van der Waals surface area contributed by atoms with Crippen molar-refractivity contribution < 1.29 is 80.2 Å². The first kappa shape index (κ1) is 91.1. The summed E-state index contributed by atoms with van der Waals surface area (Å²) in [5, 5.41) is 10.6. The van der Waals surface area contributed by atoms with E-state index in [4.69, 9.17) is 37.0 Å². The number of hydrogen-bond acceptors (Lipinski definition) is 15. The Labute approximate surface area is 568 Å². The Morgan fingerprint density at radius 2 is 0.495 bits per heavy atom. The van der Waals surface area contributed by atoms with Crippen LogP contribution in [0.5, 0.6) is 0 Å². The molecule has 5 atom stereocenters. The highest BCUT2D eigenvalue weighted by molar-refractivity contribution is 7.47. The number of unbranched alkanes of at least 4 members (excludes halogenated alkanes) is 43. The minimum Gasteiger partial charge on any atom is -0.462 e. The fourth-order valence-corrected chi connectivity index (χ4v) is 12.9. The lowest BCUT2D eigenvalue weighted by Gasteiger charge is -2.21. The van der Waals surface area contributed by atoms with Crippen molar-refractivity contribution in [2.24, 2.45) is 11.8 Å². The van der Waals surface area contributed by atoms with Crippen LogP contribution >= 0.6 is 15.6 Å². The Bertz CT molecular complexity index is 1800. The van der Waals surface area contributed by atoms with Gasteiger partial charge in [0.2, 0.25) is 0 Å². The third-order valence-corrected chi connectivity index (χ3v) is 19.1. The first-order chi connectivity index (χ1) is 44.9. The van der Waals surface area contributed by atoms with E-state index in [0.29, 0.717) is 25.7 Å². The molecular formula is C74H144O17P2. The molecule has 0 aliphatic carbocycles. The second-order valence-electron chi connectivity index (χ2n) is 27.6. The number of esters is 4. The van der Waals surface area contributed by atoms with Gasteiger partial charge in [-0.15, -0.1) is 0 Å². The largest absolute Gasteiger partial charge is 0.472 e. The number of rotatable bonds is 73. The number of ether oxygens (including phenoxy) is 4. The monoisotopic (exact) mass is 1370 g/mol. The second kappa shape index (κ2) is 66.0. The van der Waals surface area contributed by atoms with E-state index in [2.05, 4.69) is 41.5 Å². The van der Waals surface area contributed by atoms with Crippen LogP contribution in [0.15, 0.2) is 0 Å². The number of hydrogen-bond donors (Lipinski definition) is 3. The highest BCUT2D eigenvalue weighted by atomic mass is 31.2. The van der Waals surface area contributed by atoms with Gasteiger partial charge in [0, 0.05) is 25.7 Å². The molecule has 0 aliphatic heterocycles. The van der Waals surface area contributed by atoms with Gasteiger partial charge in [-0.05, 0) is 37.5 Å². The number of aliphatic hydroxyl groups is 1. The zero-order valence-electron chi connectivity index (χ0n) is 60.6. The summed E-state index contributed by atoms with van der Waals surface area (Å²) in [4.78, 5) is 72.7. The normalized spacial score (nSPS) is 14.1. The van der Waals surface area contributed by atoms with Gasteiger partial charge >= 0.3 is 39.5 Å². The molecule has 552 valence electrons. The second-order valence-corrected chi connectivity index (χ2v) is 30.5. The van der Waals surface area contributed by atoms with E-state index in [-0.39, 0.29) is 25.7 Å². The SMILES string of the molecule is CCCCCCCCCCCCCCC(=O)O[C@H](COC(=O)CCCCCCCCCCCC)COP(=O)(O)OC[C@H](O)COP(=O)(O)OC[C@@H](COC(=O)CCCCCCCCCCCCC(C)C)OC(=O)CCCCCCCCCCCCCCCCCC(C)C. The van der Waals surface area contributed by atoms with E-state index in [9.17, 15) is 43.2 Å². The number of carbonyl (C=O) groups excluding carboxylic acids is 4. The molecule has 0 aromatic rings. The molecule has 2 unspecified atom stereocenters. The average Bonchev–Trinajstić information content (AvgIpc) is 2.93. The average molecular weight is 1370 g/mol. The maximum atomic E-state index is 13.1. The van der Waals surface area contributed by atoms with Crippen LogP contribution in [0.2, 0.25) is 0 Å². The van der Waals surface area contributed by atoms with Crippen LogP contribution < -0.4 is 0 Å². The number of carbonyl (C=O) groups is 4. The van der Waals surface area contributed by atoms with Crippen LogP contribution in [-0.2, 0) is 65.4 Å².